The SMILES string of the molecule is COCCCC1(OC)CNC1. The van der Waals surface area contributed by atoms with Crippen molar-refractivity contribution in [3.8, 4) is 0 Å². The molecule has 0 amide bonds. The Balaban J connectivity index is 2.11. The zero-order valence-electron chi connectivity index (χ0n) is 7.35. The van der Waals surface area contributed by atoms with Gasteiger partial charge in [-0.15, -0.1) is 0 Å². The van der Waals surface area contributed by atoms with Gasteiger partial charge in [-0.25, -0.2) is 0 Å². The Morgan fingerprint density at radius 1 is 1.36 bits per heavy atom. The first-order chi connectivity index (χ1) is 5.33. The molecule has 1 saturated heterocycles. The molecule has 0 aromatic rings. The van der Waals surface area contributed by atoms with Crippen molar-refractivity contribution in [2.45, 2.75) is 18.4 Å². The number of ether oxygens (including phenoxy) is 2. The second-order valence-corrected chi connectivity index (χ2v) is 3.09. The van der Waals surface area contributed by atoms with Crippen molar-refractivity contribution in [2.24, 2.45) is 0 Å². The Kier molecular flexibility index (Phi) is 3.30. The van der Waals surface area contributed by atoms with Crippen LogP contribution >= 0.6 is 0 Å². The highest BCUT2D eigenvalue weighted by Gasteiger charge is 2.35. The first-order valence-electron chi connectivity index (χ1n) is 4.08. The molecule has 66 valence electrons. The number of hydrogen-bond acceptors (Lipinski definition) is 3. The molecule has 0 saturated carbocycles. The average Bonchev–Trinajstić information content (AvgIpc) is 1.95. The molecule has 1 rings (SSSR count). The zero-order chi connectivity index (χ0) is 8.16. The lowest BCUT2D eigenvalue weighted by Gasteiger charge is -2.41. The summed E-state index contributed by atoms with van der Waals surface area (Å²) in [5.74, 6) is 0. The predicted octanol–water partition coefficient (Wildman–Crippen LogP) is 0.401. The molecule has 0 spiro atoms. The summed E-state index contributed by atoms with van der Waals surface area (Å²) < 4.78 is 10.4. The molecule has 0 unspecified atom stereocenters. The second kappa shape index (κ2) is 4.04. The van der Waals surface area contributed by atoms with E-state index in [1.807, 2.05) is 0 Å². The maximum Gasteiger partial charge on any atom is 0.0926 e. The largest absolute Gasteiger partial charge is 0.385 e. The first kappa shape index (κ1) is 8.97. The van der Waals surface area contributed by atoms with Crippen molar-refractivity contribution in [3.05, 3.63) is 0 Å². The van der Waals surface area contributed by atoms with Crippen LogP contribution in [-0.4, -0.2) is 39.5 Å². The smallest absolute Gasteiger partial charge is 0.0926 e. The van der Waals surface area contributed by atoms with Crippen LogP contribution in [0.1, 0.15) is 12.8 Å². The highest BCUT2D eigenvalue weighted by atomic mass is 16.5. The second-order valence-electron chi connectivity index (χ2n) is 3.09. The normalized spacial score (nSPS) is 21.3. The third kappa shape index (κ3) is 2.15. The van der Waals surface area contributed by atoms with Gasteiger partial charge in [0.2, 0.25) is 0 Å². The molecule has 3 nitrogen and oxygen atoms in total. The Labute approximate surface area is 68.1 Å². The van der Waals surface area contributed by atoms with E-state index >= 15 is 0 Å². The van der Waals surface area contributed by atoms with Crippen molar-refractivity contribution in [1.82, 2.24) is 5.32 Å². The van der Waals surface area contributed by atoms with Gasteiger partial charge in [0.05, 0.1) is 5.60 Å². The molecule has 11 heavy (non-hydrogen) atoms. The molecule has 1 fully saturated rings. The van der Waals surface area contributed by atoms with E-state index in [0.717, 1.165) is 32.5 Å². The van der Waals surface area contributed by atoms with Gasteiger partial charge in [0.1, 0.15) is 0 Å². The van der Waals surface area contributed by atoms with Crippen LogP contribution in [0.15, 0.2) is 0 Å². The molecule has 0 aromatic carbocycles. The monoisotopic (exact) mass is 159 g/mol. The predicted molar refractivity (Wildman–Crippen MR) is 43.7 cm³/mol. The summed E-state index contributed by atoms with van der Waals surface area (Å²) in [7, 11) is 3.52. The van der Waals surface area contributed by atoms with Gasteiger partial charge in [0, 0.05) is 33.9 Å². The fraction of sp³-hybridized carbons (Fsp3) is 1.00. The molecule has 1 aliphatic rings. The topological polar surface area (TPSA) is 30.5 Å². The molecule has 1 aliphatic heterocycles. The van der Waals surface area contributed by atoms with Gasteiger partial charge in [-0.3, -0.25) is 0 Å². The fourth-order valence-corrected chi connectivity index (χ4v) is 1.37. The summed E-state index contributed by atoms with van der Waals surface area (Å²) in [6, 6.07) is 0. The minimum atomic E-state index is 0.124. The van der Waals surface area contributed by atoms with Crippen LogP contribution in [0, 0.1) is 0 Å². The van der Waals surface area contributed by atoms with E-state index in [0.29, 0.717) is 0 Å². The summed E-state index contributed by atoms with van der Waals surface area (Å²) in [6.07, 6.45) is 2.19. The van der Waals surface area contributed by atoms with E-state index in [1.54, 1.807) is 14.2 Å². The van der Waals surface area contributed by atoms with E-state index < -0.39 is 0 Å². The van der Waals surface area contributed by atoms with Crippen molar-refractivity contribution in [1.29, 1.82) is 0 Å². The summed E-state index contributed by atoms with van der Waals surface area (Å²) in [5.41, 5.74) is 0.124. The molecule has 0 radical (unpaired) electrons. The highest BCUT2D eigenvalue weighted by molar-refractivity contribution is 4.93. The van der Waals surface area contributed by atoms with Crippen LogP contribution in [-0.2, 0) is 9.47 Å². The fourth-order valence-electron chi connectivity index (χ4n) is 1.37. The van der Waals surface area contributed by atoms with Crippen LogP contribution < -0.4 is 5.32 Å². The summed E-state index contributed by atoms with van der Waals surface area (Å²) in [6.45, 7) is 2.82. The van der Waals surface area contributed by atoms with Crippen molar-refractivity contribution >= 4 is 0 Å². The molecular weight excluding hydrogens is 142 g/mol. The molecule has 0 aliphatic carbocycles. The van der Waals surface area contributed by atoms with Crippen LogP contribution in [0.5, 0.6) is 0 Å². The van der Waals surface area contributed by atoms with E-state index in [9.17, 15) is 0 Å². The van der Waals surface area contributed by atoms with Crippen LogP contribution in [0.2, 0.25) is 0 Å². The zero-order valence-corrected chi connectivity index (χ0v) is 7.35. The maximum absolute atomic E-state index is 5.40. The van der Waals surface area contributed by atoms with Gasteiger partial charge in [-0.2, -0.15) is 0 Å². The number of hydrogen-bond donors (Lipinski definition) is 1. The van der Waals surface area contributed by atoms with Gasteiger partial charge in [0.25, 0.3) is 0 Å². The van der Waals surface area contributed by atoms with Gasteiger partial charge < -0.3 is 14.8 Å². The molecule has 3 heteroatoms. The Bertz CT molecular complexity index is 107. The lowest BCUT2D eigenvalue weighted by atomic mass is 9.91. The molecule has 0 atom stereocenters. The minimum Gasteiger partial charge on any atom is -0.385 e. The van der Waals surface area contributed by atoms with Crippen LogP contribution in [0.4, 0.5) is 0 Å². The highest BCUT2D eigenvalue weighted by Crippen LogP contribution is 2.21. The first-order valence-corrected chi connectivity index (χ1v) is 4.08. The third-order valence-corrected chi connectivity index (χ3v) is 2.31. The quantitative estimate of drug-likeness (QED) is 0.589. The average molecular weight is 159 g/mol. The minimum absolute atomic E-state index is 0.124. The maximum atomic E-state index is 5.40. The third-order valence-electron chi connectivity index (χ3n) is 2.31. The lowest BCUT2D eigenvalue weighted by molar-refractivity contribution is -0.0610. The van der Waals surface area contributed by atoms with Crippen molar-refractivity contribution in [3.63, 3.8) is 0 Å². The van der Waals surface area contributed by atoms with E-state index in [1.165, 1.54) is 0 Å². The molecule has 1 N–H and O–H groups in total. The summed E-state index contributed by atoms with van der Waals surface area (Å²) in [5, 5.41) is 3.21. The molecule has 0 bridgehead atoms. The van der Waals surface area contributed by atoms with Crippen LogP contribution in [0.3, 0.4) is 0 Å². The number of nitrogens with one attached hydrogen (secondary N) is 1. The summed E-state index contributed by atoms with van der Waals surface area (Å²) in [4.78, 5) is 0. The van der Waals surface area contributed by atoms with Gasteiger partial charge in [-0.05, 0) is 12.8 Å². The Morgan fingerprint density at radius 2 is 2.09 bits per heavy atom. The summed E-state index contributed by atoms with van der Waals surface area (Å²) >= 11 is 0. The van der Waals surface area contributed by atoms with Crippen LogP contribution in [0.25, 0.3) is 0 Å². The lowest BCUT2D eigenvalue weighted by Crippen LogP contribution is -2.60. The molecule has 1 heterocycles. The van der Waals surface area contributed by atoms with E-state index in [2.05, 4.69) is 5.32 Å². The van der Waals surface area contributed by atoms with Crippen molar-refractivity contribution in [2.75, 3.05) is 33.9 Å². The standard InChI is InChI=1S/C8H17NO2/c1-10-5-3-4-8(11-2)6-9-7-8/h9H,3-7H2,1-2H3. The van der Waals surface area contributed by atoms with E-state index in [4.69, 9.17) is 9.47 Å². The van der Waals surface area contributed by atoms with Gasteiger partial charge in [-0.1, -0.05) is 0 Å². The molecular formula is C8H17NO2. The number of rotatable bonds is 5. The van der Waals surface area contributed by atoms with E-state index in [-0.39, 0.29) is 5.60 Å². The Hall–Kier alpha value is -0.120. The van der Waals surface area contributed by atoms with Crippen molar-refractivity contribution < 1.29 is 9.47 Å². The Morgan fingerprint density at radius 3 is 2.45 bits per heavy atom. The van der Waals surface area contributed by atoms with Gasteiger partial charge in [0.15, 0.2) is 0 Å². The molecule has 0 aromatic heterocycles. The number of methoxy groups -OCH3 is 2. The van der Waals surface area contributed by atoms with Gasteiger partial charge >= 0.3 is 0 Å².